The molecule has 1 aromatic rings. The van der Waals surface area contributed by atoms with Crippen molar-refractivity contribution < 1.29 is 23.7 Å². The zero-order chi connectivity index (χ0) is 18.7. The van der Waals surface area contributed by atoms with Gasteiger partial charge in [-0.2, -0.15) is 0 Å². The molecule has 0 N–H and O–H groups in total. The highest BCUT2D eigenvalue weighted by Gasteiger charge is 2.40. The number of hydrogen-bond donors (Lipinski definition) is 0. The minimum atomic E-state index is -0.405. The molecule has 0 aromatic heterocycles. The van der Waals surface area contributed by atoms with E-state index < -0.39 is 6.29 Å². The monoisotopic (exact) mass is 358 g/mol. The van der Waals surface area contributed by atoms with Crippen LogP contribution in [0.4, 0.5) is 0 Å². The SMILES string of the molecule is C=C[C@]1(C)CC[C@@H]2OC(c3ccc(OC)cc3)OCC2=C1COC(C)=O. The summed E-state index contributed by atoms with van der Waals surface area (Å²) in [7, 11) is 1.64. The Morgan fingerprint density at radius 3 is 2.73 bits per heavy atom. The Bertz CT molecular complexity index is 706. The van der Waals surface area contributed by atoms with Crippen LogP contribution in [0.1, 0.15) is 38.5 Å². The molecule has 1 saturated heterocycles. The van der Waals surface area contributed by atoms with Crippen LogP contribution in [0.2, 0.25) is 0 Å². The Morgan fingerprint density at radius 1 is 1.38 bits per heavy atom. The molecule has 0 radical (unpaired) electrons. The molecule has 5 heteroatoms. The molecule has 1 aromatic carbocycles. The standard InChI is InChI=1S/C21H26O5/c1-5-21(3)11-10-19-17(18(21)13-24-14(2)22)12-25-20(26-19)15-6-8-16(23-4)9-7-15/h5-9,19-20H,1,10-13H2,2-4H3/t19-,20?,21+/m0/s1. The highest BCUT2D eigenvalue weighted by molar-refractivity contribution is 5.66. The lowest BCUT2D eigenvalue weighted by atomic mass is 9.70. The number of carbonyl (C=O) groups excluding carboxylic acids is 1. The molecule has 5 nitrogen and oxygen atoms in total. The van der Waals surface area contributed by atoms with Crippen LogP contribution in [-0.4, -0.2) is 32.4 Å². The van der Waals surface area contributed by atoms with E-state index >= 15 is 0 Å². The van der Waals surface area contributed by atoms with E-state index in [0.717, 1.165) is 35.3 Å². The minimum Gasteiger partial charge on any atom is -0.497 e. The summed E-state index contributed by atoms with van der Waals surface area (Å²) in [6, 6.07) is 7.70. The first-order valence-electron chi connectivity index (χ1n) is 8.87. The second-order valence-corrected chi connectivity index (χ2v) is 6.99. The van der Waals surface area contributed by atoms with Gasteiger partial charge in [0.25, 0.3) is 0 Å². The van der Waals surface area contributed by atoms with Gasteiger partial charge >= 0.3 is 5.97 Å². The lowest BCUT2D eigenvalue weighted by Gasteiger charge is -2.43. The van der Waals surface area contributed by atoms with Crippen molar-refractivity contribution in [3.8, 4) is 5.75 Å². The van der Waals surface area contributed by atoms with Crippen molar-refractivity contribution in [1.82, 2.24) is 0 Å². The van der Waals surface area contributed by atoms with Crippen molar-refractivity contribution in [3.63, 3.8) is 0 Å². The molecule has 26 heavy (non-hydrogen) atoms. The second kappa shape index (κ2) is 7.64. The first-order chi connectivity index (χ1) is 12.5. The number of rotatable bonds is 5. The molecular formula is C21H26O5. The van der Waals surface area contributed by atoms with Crippen LogP contribution in [0.3, 0.4) is 0 Å². The van der Waals surface area contributed by atoms with Crippen LogP contribution in [0, 0.1) is 5.41 Å². The third-order valence-electron chi connectivity index (χ3n) is 5.33. The van der Waals surface area contributed by atoms with E-state index in [9.17, 15) is 4.79 Å². The van der Waals surface area contributed by atoms with Gasteiger partial charge < -0.3 is 18.9 Å². The zero-order valence-electron chi connectivity index (χ0n) is 15.6. The van der Waals surface area contributed by atoms with Gasteiger partial charge in [-0.1, -0.05) is 25.1 Å². The van der Waals surface area contributed by atoms with Gasteiger partial charge in [-0.3, -0.25) is 4.79 Å². The Morgan fingerprint density at radius 2 is 2.12 bits per heavy atom. The van der Waals surface area contributed by atoms with E-state index in [1.54, 1.807) is 7.11 Å². The number of methoxy groups -OCH3 is 1. The first kappa shape index (κ1) is 18.7. The lowest BCUT2D eigenvalue weighted by Crippen LogP contribution is -2.39. The highest BCUT2D eigenvalue weighted by Crippen LogP contribution is 2.46. The smallest absolute Gasteiger partial charge is 0.302 e. The van der Waals surface area contributed by atoms with Gasteiger partial charge in [-0.05, 0) is 36.1 Å². The van der Waals surface area contributed by atoms with Crippen molar-refractivity contribution in [3.05, 3.63) is 53.6 Å². The van der Waals surface area contributed by atoms with Gasteiger partial charge in [0.15, 0.2) is 6.29 Å². The molecule has 2 aliphatic rings. The van der Waals surface area contributed by atoms with E-state index in [1.165, 1.54) is 6.92 Å². The second-order valence-electron chi connectivity index (χ2n) is 6.99. The third kappa shape index (κ3) is 3.69. The van der Waals surface area contributed by atoms with Crippen LogP contribution in [0.15, 0.2) is 48.1 Å². The number of benzene rings is 1. The van der Waals surface area contributed by atoms with Crippen molar-refractivity contribution >= 4 is 5.97 Å². The summed E-state index contributed by atoms with van der Waals surface area (Å²) in [5.41, 5.74) is 2.88. The molecule has 140 valence electrons. The number of carbonyl (C=O) groups is 1. The summed E-state index contributed by atoms with van der Waals surface area (Å²) < 4.78 is 22.7. The predicted molar refractivity (Wildman–Crippen MR) is 97.8 cm³/mol. The molecule has 1 heterocycles. The summed E-state index contributed by atoms with van der Waals surface area (Å²) in [6.45, 7) is 8.24. The average molecular weight is 358 g/mol. The third-order valence-corrected chi connectivity index (χ3v) is 5.33. The molecule has 3 rings (SSSR count). The quantitative estimate of drug-likeness (QED) is 0.589. The molecule has 0 amide bonds. The van der Waals surface area contributed by atoms with Crippen LogP contribution in [-0.2, 0) is 19.0 Å². The normalized spacial score (nSPS) is 28.3. The summed E-state index contributed by atoms with van der Waals surface area (Å²) in [5, 5.41) is 0. The predicted octanol–water partition coefficient (Wildman–Crippen LogP) is 3.96. The molecule has 1 aliphatic heterocycles. The van der Waals surface area contributed by atoms with Crippen molar-refractivity contribution in [2.75, 3.05) is 20.3 Å². The van der Waals surface area contributed by atoms with Gasteiger partial charge in [-0.25, -0.2) is 0 Å². The fourth-order valence-electron chi connectivity index (χ4n) is 3.59. The van der Waals surface area contributed by atoms with Crippen LogP contribution in [0.25, 0.3) is 0 Å². The number of allylic oxidation sites excluding steroid dienone is 1. The van der Waals surface area contributed by atoms with Crippen LogP contribution < -0.4 is 4.74 Å². The number of esters is 1. The van der Waals surface area contributed by atoms with E-state index in [-0.39, 0.29) is 24.1 Å². The Hall–Kier alpha value is -2.11. The van der Waals surface area contributed by atoms with E-state index in [1.807, 2.05) is 30.3 Å². The molecule has 3 atom stereocenters. The highest BCUT2D eigenvalue weighted by atomic mass is 16.7. The number of ether oxygens (including phenoxy) is 4. The van der Waals surface area contributed by atoms with Crippen molar-refractivity contribution in [1.29, 1.82) is 0 Å². The maximum Gasteiger partial charge on any atom is 0.302 e. The van der Waals surface area contributed by atoms with Gasteiger partial charge in [0.1, 0.15) is 12.4 Å². The molecule has 1 fully saturated rings. The molecule has 0 bridgehead atoms. The van der Waals surface area contributed by atoms with Gasteiger partial charge in [0, 0.05) is 17.9 Å². The Labute approximate surface area is 154 Å². The summed E-state index contributed by atoms with van der Waals surface area (Å²) >= 11 is 0. The molecular weight excluding hydrogens is 332 g/mol. The van der Waals surface area contributed by atoms with Crippen molar-refractivity contribution in [2.24, 2.45) is 5.41 Å². The summed E-state index contributed by atoms with van der Waals surface area (Å²) in [4.78, 5) is 11.3. The van der Waals surface area contributed by atoms with Gasteiger partial charge in [-0.15, -0.1) is 6.58 Å². The topological polar surface area (TPSA) is 54.0 Å². The van der Waals surface area contributed by atoms with Crippen LogP contribution >= 0.6 is 0 Å². The zero-order valence-corrected chi connectivity index (χ0v) is 15.6. The Balaban J connectivity index is 1.82. The molecule has 0 spiro atoms. The Kier molecular flexibility index (Phi) is 5.49. The fraction of sp³-hybridized carbons (Fsp3) is 0.476. The maximum absolute atomic E-state index is 11.3. The lowest BCUT2D eigenvalue weighted by molar-refractivity contribution is -0.197. The first-order valence-corrected chi connectivity index (χ1v) is 8.87. The summed E-state index contributed by atoms with van der Waals surface area (Å²) in [6.07, 6.45) is 3.28. The minimum absolute atomic E-state index is 0.0329. The largest absolute Gasteiger partial charge is 0.497 e. The molecule has 1 unspecified atom stereocenters. The number of fused-ring (bicyclic) bond motifs is 1. The van der Waals surface area contributed by atoms with E-state index in [0.29, 0.717) is 6.61 Å². The summed E-state index contributed by atoms with van der Waals surface area (Å²) in [5.74, 6) is 0.508. The maximum atomic E-state index is 11.3. The van der Waals surface area contributed by atoms with E-state index in [4.69, 9.17) is 18.9 Å². The fourth-order valence-corrected chi connectivity index (χ4v) is 3.59. The van der Waals surface area contributed by atoms with Crippen molar-refractivity contribution in [2.45, 2.75) is 39.1 Å². The number of hydrogen-bond acceptors (Lipinski definition) is 5. The van der Waals surface area contributed by atoms with Gasteiger partial charge in [0.05, 0.1) is 19.8 Å². The van der Waals surface area contributed by atoms with Gasteiger partial charge in [0.2, 0.25) is 0 Å². The van der Waals surface area contributed by atoms with Crippen LogP contribution in [0.5, 0.6) is 5.75 Å². The van der Waals surface area contributed by atoms with E-state index in [2.05, 4.69) is 13.5 Å². The molecule has 1 aliphatic carbocycles. The average Bonchev–Trinajstić information content (AvgIpc) is 2.66. The molecule has 0 saturated carbocycles.